The third-order valence-corrected chi connectivity index (χ3v) is 9.33. The maximum absolute atomic E-state index is 12.2. The molecule has 6 heteroatoms. The minimum absolute atomic E-state index is 0.0135. The van der Waals surface area contributed by atoms with Crippen LogP contribution in [0.2, 0.25) is 0 Å². The lowest BCUT2D eigenvalue weighted by Gasteiger charge is -2.54. The molecule has 0 radical (unpaired) electrons. The van der Waals surface area contributed by atoms with Crippen LogP contribution >= 0.6 is 11.8 Å². The van der Waals surface area contributed by atoms with Gasteiger partial charge in [-0.3, -0.25) is 0 Å². The number of rotatable bonds is 4. The molecule has 3 heterocycles. The molecule has 4 fully saturated rings. The van der Waals surface area contributed by atoms with Crippen LogP contribution in [-0.2, 0) is 23.7 Å². The Morgan fingerprint density at radius 1 is 1.25 bits per heavy atom. The Bertz CT molecular complexity index is 779. The van der Waals surface area contributed by atoms with E-state index in [1.54, 1.807) is 11.8 Å². The van der Waals surface area contributed by atoms with Gasteiger partial charge < -0.3 is 18.9 Å². The lowest BCUT2D eigenvalue weighted by Crippen LogP contribution is -2.67. The molecule has 3 aliphatic heterocycles. The number of fused-ring (bicyclic) bond motifs is 2. The minimum atomic E-state index is -0.298. The summed E-state index contributed by atoms with van der Waals surface area (Å²) in [6, 6.07) is 0. The van der Waals surface area contributed by atoms with Gasteiger partial charge in [0.05, 0.1) is 24.3 Å². The highest BCUT2D eigenvalue weighted by Gasteiger charge is 2.93. The monoisotopic (exact) mass is 406 g/mol. The van der Waals surface area contributed by atoms with E-state index < -0.39 is 0 Å². The van der Waals surface area contributed by atoms with E-state index in [0.29, 0.717) is 30.3 Å². The van der Waals surface area contributed by atoms with Crippen LogP contribution in [0, 0.1) is 23.2 Å². The van der Waals surface area contributed by atoms with E-state index in [9.17, 15) is 4.79 Å². The van der Waals surface area contributed by atoms with Crippen LogP contribution in [0.3, 0.4) is 0 Å². The van der Waals surface area contributed by atoms with Gasteiger partial charge in [0.15, 0.2) is 5.60 Å². The molecule has 3 aliphatic carbocycles. The standard InChI is InChI=1S/C22H30O5S/c1-11(2)13-7-17-22(27-17)20(3)6-5-12-14(9-24-19(12)23)15(20)8-16-21(22,26-16)18(13)25-10-28-4/h11,13,15-18H,5-10H2,1-4H3/t13?,15?,16-,17-,18+,20-,21+,22+/m0/s1. The third kappa shape index (κ3) is 1.86. The number of carbonyl (C=O) groups is 1. The number of thioether (sulfide) groups is 1. The molecule has 28 heavy (non-hydrogen) atoms. The topological polar surface area (TPSA) is 60.6 Å². The Balaban J connectivity index is 1.43. The summed E-state index contributed by atoms with van der Waals surface area (Å²) in [4.78, 5) is 12.2. The molecule has 6 aliphatic rings. The van der Waals surface area contributed by atoms with Crippen molar-refractivity contribution in [1.82, 2.24) is 0 Å². The summed E-state index contributed by atoms with van der Waals surface area (Å²) in [7, 11) is 0. The molecule has 0 aromatic rings. The quantitative estimate of drug-likeness (QED) is 0.406. The van der Waals surface area contributed by atoms with Crippen LogP contribution < -0.4 is 0 Å². The highest BCUT2D eigenvalue weighted by Crippen LogP contribution is 2.79. The fraction of sp³-hybridized carbons (Fsp3) is 0.864. The molecule has 0 aromatic carbocycles. The summed E-state index contributed by atoms with van der Waals surface area (Å²) < 4.78 is 25.3. The molecular formula is C22H30O5S. The van der Waals surface area contributed by atoms with Gasteiger partial charge >= 0.3 is 5.97 Å². The summed E-state index contributed by atoms with van der Waals surface area (Å²) >= 11 is 1.73. The first-order valence-electron chi connectivity index (χ1n) is 10.8. The summed E-state index contributed by atoms with van der Waals surface area (Å²) in [6.07, 6.45) is 6.42. The number of hydrogen-bond donors (Lipinski definition) is 0. The van der Waals surface area contributed by atoms with Crippen LogP contribution in [0.1, 0.15) is 46.5 Å². The van der Waals surface area contributed by atoms with Crippen LogP contribution in [0.4, 0.5) is 0 Å². The van der Waals surface area contributed by atoms with E-state index in [4.69, 9.17) is 18.9 Å². The first-order valence-corrected chi connectivity index (χ1v) is 12.2. The van der Waals surface area contributed by atoms with E-state index in [0.717, 1.165) is 31.3 Å². The lowest BCUT2D eigenvalue weighted by atomic mass is 9.46. The second-order valence-corrected chi connectivity index (χ2v) is 11.0. The van der Waals surface area contributed by atoms with Gasteiger partial charge in [-0.05, 0) is 55.3 Å². The molecule has 6 rings (SSSR count). The van der Waals surface area contributed by atoms with Crippen molar-refractivity contribution in [3.05, 3.63) is 11.1 Å². The number of carbonyl (C=O) groups excluding carboxylic acids is 1. The molecule has 2 saturated carbocycles. The van der Waals surface area contributed by atoms with Crippen molar-refractivity contribution in [2.75, 3.05) is 18.8 Å². The van der Waals surface area contributed by atoms with Gasteiger partial charge in [0, 0.05) is 11.0 Å². The number of epoxide rings is 2. The summed E-state index contributed by atoms with van der Waals surface area (Å²) in [5.74, 6) is 1.93. The Morgan fingerprint density at radius 2 is 2.07 bits per heavy atom. The fourth-order valence-electron chi connectivity index (χ4n) is 7.64. The van der Waals surface area contributed by atoms with Crippen molar-refractivity contribution in [2.45, 2.75) is 76.0 Å². The second kappa shape index (κ2) is 5.57. The van der Waals surface area contributed by atoms with Crippen LogP contribution in [0.25, 0.3) is 0 Å². The van der Waals surface area contributed by atoms with Crippen LogP contribution in [0.15, 0.2) is 11.1 Å². The third-order valence-electron chi connectivity index (χ3n) is 8.96. The average molecular weight is 407 g/mol. The largest absolute Gasteiger partial charge is 0.458 e. The van der Waals surface area contributed by atoms with E-state index in [1.165, 1.54) is 5.57 Å². The lowest BCUT2D eigenvalue weighted by molar-refractivity contribution is -0.136. The van der Waals surface area contributed by atoms with Gasteiger partial charge in [0.25, 0.3) is 0 Å². The number of cyclic esters (lactones) is 1. The molecule has 0 bridgehead atoms. The van der Waals surface area contributed by atoms with Gasteiger partial charge in [-0.25, -0.2) is 4.79 Å². The molecule has 154 valence electrons. The van der Waals surface area contributed by atoms with Crippen molar-refractivity contribution in [1.29, 1.82) is 0 Å². The Labute approximate surface area is 170 Å². The van der Waals surface area contributed by atoms with Crippen molar-refractivity contribution in [3.8, 4) is 0 Å². The average Bonchev–Trinajstić information content (AvgIpc) is 3.54. The molecule has 0 aromatic heterocycles. The van der Waals surface area contributed by atoms with E-state index in [1.807, 2.05) is 0 Å². The zero-order valence-corrected chi connectivity index (χ0v) is 18.0. The first-order chi connectivity index (χ1) is 13.4. The van der Waals surface area contributed by atoms with Gasteiger partial charge in [0.1, 0.15) is 12.2 Å². The van der Waals surface area contributed by atoms with Gasteiger partial charge in [0.2, 0.25) is 0 Å². The van der Waals surface area contributed by atoms with Crippen LogP contribution in [0.5, 0.6) is 0 Å². The fourth-order valence-corrected chi connectivity index (χ4v) is 7.92. The van der Waals surface area contributed by atoms with E-state index in [2.05, 4.69) is 27.0 Å². The predicted octanol–water partition coefficient (Wildman–Crippen LogP) is 3.32. The normalized spacial score (nSPS) is 53.0. The molecule has 2 unspecified atom stereocenters. The summed E-state index contributed by atoms with van der Waals surface area (Å²) in [5.41, 5.74) is 1.61. The van der Waals surface area contributed by atoms with Crippen molar-refractivity contribution >= 4 is 17.7 Å². The molecule has 0 amide bonds. The van der Waals surface area contributed by atoms with Crippen LogP contribution in [-0.4, -0.2) is 54.3 Å². The highest BCUT2D eigenvalue weighted by atomic mass is 32.2. The van der Waals surface area contributed by atoms with Gasteiger partial charge in [-0.2, -0.15) is 0 Å². The van der Waals surface area contributed by atoms with Crippen molar-refractivity contribution in [3.63, 3.8) is 0 Å². The zero-order valence-electron chi connectivity index (χ0n) is 17.2. The number of ether oxygens (including phenoxy) is 4. The Morgan fingerprint density at radius 3 is 2.82 bits per heavy atom. The maximum atomic E-state index is 12.2. The second-order valence-electron chi connectivity index (χ2n) is 10.2. The van der Waals surface area contributed by atoms with E-state index >= 15 is 0 Å². The smallest absolute Gasteiger partial charge is 0.334 e. The Hall–Kier alpha value is -0.560. The molecular weight excluding hydrogens is 376 g/mol. The number of esters is 1. The molecule has 0 N–H and O–H groups in total. The Kier molecular flexibility index (Phi) is 3.62. The summed E-state index contributed by atoms with van der Waals surface area (Å²) in [6.45, 7) is 7.47. The molecule has 2 saturated heterocycles. The van der Waals surface area contributed by atoms with Gasteiger partial charge in [-0.1, -0.05) is 20.8 Å². The van der Waals surface area contributed by atoms with Crippen molar-refractivity contribution < 1.29 is 23.7 Å². The highest BCUT2D eigenvalue weighted by molar-refractivity contribution is 7.98. The summed E-state index contributed by atoms with van der Waals surface area (Å²) in [5, 5.41) is 0. The first kappa shape index (κ1) is 18.2. The predicted molar refractivity (Wildman–Crippen MR) is 105 cm³/mol. The molecule has 8 atom stereocenters. The SMILES string of the molecule is CSCO[C@@H]1C(C(C)C)C[C@@H]2O[C@]23[C@]12O[C@H]2CC1C2=C(CC[C@@]13C)C(=O)OC2. The maximum Gasteiger partial charge on any atom is 0.334 e. The molecule has 2 spiro atoms. The zero-order chi connectivity index (χ0) is 19.5. The van der Waals surface area contributed by atoms with Gasteiger partial charge in [-0.15, -0.1) is 11.8 Å². The van der Waals surface area contributed by atoms with E-state index in [-0.39, 0.29) is 40.9 Å². The molecule has 5 nitrogen and oxygen atoms in total. The van der Waals surface area contributed by atoms with Crippen molar-refractivity contribution in [2.24, 2.45) is 23.2 Å². The number of hydrogen-bond acceptors (Lipinski definition) is 6. The minimum Gasteiger partial charge on any atom is -0.458 e.